The quantitative estimate of drug-likeness (QED) is 0.522. The lowest BCUT2D eigenvalue weighted by Crippen LogP contribution is -2.12. The van der Waals surface area contributed by atoms with Crippen LogP contribution >= 0.6 is 0 Å². The molecule has 8 heteroatoms. The van der Waals surface area contributed by atoms with Gasteiger partial charge in [0, 0.05) is 25.2 Å². The highest BCUT2D eigenvalue weighted by molar-refractivity contribution is 5.90. The van der Waals surface area contributed by atoms with Crippen molar-refractivity contribution < 1.29 is 0 Å². The first kappa shape index (κ1) is 20.0. The van der Waals surface area contributed by atoms with Gasteiger partial charge in [0.25, 0.3) is 0 Å². The number of anilines is 2. The summed E-state index contributed by atoms with van der Waals surface area (Å²) in [6, 6.07) is 8.04. The van der Waals surface area contributed by atoms with E-state index in [4.69, 9.17) is 5.41 Å². The summed E-state index contributed by atoms with van der Waals surface area (Å²) in [5.74, 6) is 1.49. The number of pyridine rings is 2. The van der Waals surface area contributed by atoms with Gasteiger partial charge in [-0.05, 0) is 54.3 Å². The van der Waals surface area contributed by atoms with Gasteiger partial charge in [0.2, 0.25) is 0 Å². The molecule has 0 radical (unpaired) electrons. The zero-order valence-corrected chi connectivity index (χ0v) is 17.2. The summed E-state index contributed by atoms with van der Waals surface area (Å²) in [4.78, 5) is 13.8. The van der Waals surface area contributed by atoms with Gasteiger partial charge in [0.1, 0.15) is 5.82 Å². The maximum absolute atomic E-state index is 7.82. The van der Waals surface area contributed by atoms with E-state index in [1.165, 1.54) is 6.21 Å². The summed E-state index contributed by atoms with van der Waals surface area (Å²) in [5.41, 5.74) is 3.57. The average molecular weight is 403 g/mol. The van der Waals surface area contributed by atoms with E-state index in [1.54, 1.807) is 12.4 Å². The number of hydrogen-bond acceptors (Lipinski definition) is 8. The molecule has 30 heavy (non-hydrogen) atoms. The van der Waals surface area contributed by atoms with Crippen LogP contribution in [0, 0.1) is 5.41 Å². The molecule has 1 aliphatic heterocycles. The Hall–Kier alpha value is -3.26. The largest absolute Gasteiger partial charge is 0.323 e. The molecule has 1 aliphatic rings. The third kappa shape index (κ3) is 4.65. The molecule has 0 aromatic carbocycles. The van der Waals surface area contributed by atoms with Crippen LogP contribution in [0.15, 0.2) is 41.7 Å². The molecule has 0 spiro atoms. The van der Waals surface area contributed by atoms with Gasteiger partial charge >= 0.3 is 0 Å². The van der Waals surface area contributed by atoms with Gasteiger partial charge in [-0.1, -0.05) is 13.8 Å². The first-order chi connectivity index (χ1) is 14.6. The fraction of sp³-hybridized carbons (Fsp3) is 0.364. The molecule has 154 valence electrons. The molecular formula is C22H26N8. The highest BCUT2D eigenvalue weighted by Crippen LogP contribution is 2.22. The van der Waals surface area contributed by atoms with E-state index < -0.39 is 0 Å². The van der Waals surface area contributed by atoms with Crippen LogP contribution in [-0.4, -0.2) is 51.7 Å². The average Bonchev–Trinajstić information content (AvgIpc) is 3.28. The molecule has 3 aromatic heterocycles. The van der Waals surface area contributed by atoms with Crippen LogP contribution in [0.5, 0.6) is 0 Å². The summed E-state index contributed by atoms with van der Waals surface area (Å²) in [7, 11) is 0. The van der Waals surface area contributed by atoms with Crippen LogP contribution in [0.4, 0.5) is 11.6 Å². The van der Waals surface area contributed by atoms with E-state index in [-0.39, 0.29) is 12.0 Å². The van der Waals surface area contributed by atoms with Gasteiger partial charge < -0.3 is 16.0 Å². The van der Waals surface area contributed by atoms with E-state index in [9.17, 15) is 0 Å². The molecule has 1 saturated heterocycles. The summed E-state index contributed by atoms with van der Waals surface area (Å²) >= 11 is 0. The Labute approximate surface area is 175 Å². The molecule has 0 bridgehead atoms. The number of aliphatic imine (C=N–C) groups is 1. The highest BCUT2D eigenvalue weighted by atomic mass is 15.2. The third-order valence-corrected chi connectivity index (χ3v) is 5.21. The second kappa shape index (κ2) is 9.04. The van der Waals surface area contributed by atoms with Crippen LogP contribution in [0.1, 0.15) is 43.2 Å². The van der Waals surface area contributed by atoms with Crippen LogP contribution in [-0.2, 0) is 0 Å². The van der Waals surface area contributed by atoms with Crippen molar-refractivity contribution in [3.8, 4) is 0 Å². The Balaban J connectivity index is 1.57. The topological polar surface area (TPSA) is 112 Å². The molecule has 1 fully saturated rings. The number of hydrogen-bond donors (Lipinski definition) is 3. The molecule has 0 amide bonds. The number of nitrogens with zero attached hydrogens (tertiary/aromatic N) is 5. The van der Waals surface area contributed by atoms with Gasteiger partial charge in [0.05, 0.1) is 29.2 Å². The predicted molar refractivity (Wildman–Crippen MR) is 120 cm³/mol. The van der Waals surface area contributed by atoms with Crippen molar-refractivity contribution in [2.45, 2.75) is 38.1 Å². The summed E-state index contributed by atoms with van der Waals surface area (Å²) in [5, 5.41) is 22.6. The maximum atomic E-state index is 7.82. The second-order valence-corrected chi connectivity index (χ2v) is 7.79. The van der Waals surface area contributed by atoms with Crippen LogP contribution < -0.4 is 10.6 Å². The summed E-state index contributed by atoms with van der Waals surface area (Å²) in [6.45, 7) is 6.14. The highest BCUT2D eigenvalue weighted by Gasteiger charge is 2.14. The van der Waals surface area contributed by atoms with E-state index in [2.05, 4.69) is 49.6 Å². The van der Waals surface area contributed by atoms with E-state index in [1.807, 2.05) is 30.5 Å². The van der Waals surface area contributed by atoms with Crippen molar-refractivity contribution in [1.82, 2.24) is 25.5 Å². The van der Waals surface area contributed by atoms with Crippen LogP contribution in [0.2, 0.25) is 0 Å². The van der Waals surface area contributed by atoms with Crippen molar-refractivity contribution in [2.75, 3.05) is 18.4 Å². The van der Waals surface area contributed by atoms with Crippen molar-refractivity contribution in [3.63, 3.8) is 0 Å². The lowest BCUT2D eigenvalue weighted by atomic mass is 10.0. The van der Waals surface area contributed by atoms with Gasteiger partial charge in [-0.2, -0.15) is 5.10 Å². The van der Waals surface area contributed by atoms with Gasteiger partial charge in [-0.15, -0.1) is 5.10 Å². The Morgan fingerprint density at radius 2 is 2.07 bits per heavy atom. The minimum absolute atomic E-state index is 0.213. The predicted octanol–water partition coefficient (Wildman–Crippen LogP) is 3.45. The van der Waals surface area contributed by atoms with Crippen molar-refractivity contribution in [2.24, 2.45) is 4.99 Å². The minimum atomic E-state index is -0.213. The first-order valence-corrected chi connectivity index (χ1v) is 10.2. The molecule has 0 saturated carbocycles. The van der Waals surface area contributed by atoms with Gasteiger partial charge in [-0.3, -0.25) is 9.98 Å². The normalized spacial score (nSPS) is 17.6. The summed E-state index contributed by atoms with van der Waals surface area (Å²) < 4.78 is 0. The number of rotatable bonds is 7. The molecule has 0 aliphatic carbocycles. The Morgan fingerprint density at radius 1 is 1.17 bits per heavy atom. The molecule has 4 heterocycles. The van der Waals surface area contributed by atoms with Crippen LogP contribution in [0.3, 0.4) is 0 Å². The second-order valence-electron chi connectivity index (χ2n) is 7.79. The molecule has 1 unspecified atom stereocenters. The zero-order chi connectivity index (χ0) is 20.9. The molecule has 3 N–H and O–H groups in total. The Bertz CT molecular complexity index is 1060. The van der Waals surface area contributed by atoms with Crippen molar-refractivity contribution in [1.29, 1.82) is 5.41 Å². The third-order valence-electron chi connectivity index (χ3n) is 5.21. The monoisotopic (exact) mass is 402 g/mol. The van der Waals surface area contributed by atoms with Gasteiger partial charge in [-0.25, -0.2) is 4.98 Å². The first-order valence-electron chi connectivity index (χ1n) is 10.2. The SMILES string of the molecule is CC(C)c1cnnc(Nc2ccc3ncc(C(C=N)C=N[C@H]4CCNC4)cc3n2)c1. The van der Waals surface area contributed by atoms with Crippen LogP contribution in [0.25, 0.3) is 11.0 Å². The van der Waals surface area contributed by atoms with E-state index >= 15 is 0 Å². The fourth-order valence-electron chi connectivity index (χ4n) is 3.37. The summed E-state index contributed by atoms with van der Waals surface area (Å²) in [6.07, 6.45) is 7.85. The number of fused-ring (bicyclic) bond motifs is 1. The zero-order valence-electron chi connectivity index (χ0n) is 17.2. The molecule has 4 rings (SSSR count). The lowest BCUT2D eigenvalue weighted by Gasteiger charge is -2.10. The van der Waals surface area contributed by atoms with Crippen molar-refractivity contribution in [3.05, 3.63) is 47.8 Å². The van der Waals surface area contributed by atoms with Crippen molar-refractivity contribution >= 4 is 35.1 Å². The standard InChI is InChI=1S/C22H26N8/c1-14(2)15-8-22(30-27-12-15)29-21-4-3-19-20(28-21)7-16(10-26-19)17(9-23)11-25-18-5-6-24-13-18/h3-4,7-12,14,17-18,23-24H,5-6,13H2,1-2H3,(H,28,29,30)/t17?,18-/m0/s1. The fourth-order valence-corrected chi connectivity index (χ4v) is 3.37. The Kier molecular flexibility index (Phi) is 6.04. The Morgan fingerprint density at radius 3 is 2.83 bits per heavy atom. The molecule has 3 aromatic rings. The molecule has 8 nitrogen and oxygen atoms in total. The van der Waals surface area contributed by atoms with Gasteiger partial charge in [0.15, 0.2) is 5.82 Å². The molecular weight excluding hydrogens is 376 g/mol. The van der Waals surface area contributed by atoms with E-state index in [0.717, 1.165) is 41.7 Å². The number of nitrogens with one attached hydrogen (secondary N) is 3. The molecule has 2 atom stereocenters. The smallest absolute Gasteiger partial charge is 0.154 e. The lowest BCUT2D eigenvalue weighted by molar-refractivity contribution is 0.745. The van der Waals surface area contributed by atoms with E-state index in [0.29, 0.717) is 17.6 Å². The minimum Gasteiger partial charge on any atom is -0.323 e. The maximum Gasteiger partial charge on any atom is 0.154 e. The number of aromatic nitrogens is 4.